The van der Waals surface area contributed by atoms with Crippen LogP contribution in [0.15, 0.2) is 24.5 Å². The normalized spacial score (nSPS) is 19.1. The molecule has 2 aliphatic heterocycles. The number of carboxylic acid groups (broad SMARTS) is 1. The van der Waals surface area contributed by atoms with Gasteiger partial charge < -0.3 is 14.7 Å². The molecule has 9 heteroatoms. The predicted octanol–water partition coefficient (Wildman–Crippen LogP) is 3.37. The maximum atomic E-state index is 13.1. The van der Waals surface area contributed by atoms with Crippen LogP contribution in [0.2, 0.25) is 5.02 Å². The number of carbonyl (C=O) groups excluding carboxylic acids is 1. The number of ether oxygens (including phenoxy) is 1. The highest BCUT2D eigenvalue weighted by atomic mass is 35.5. The zero-order valence-electron chi connectivity index (χ0n) is 17.0. The first-order valence-electron chi connectivity index (χ1n) is 10.1. The van der Waals surface area contributed by atoms with Crippen LogP contribution in [0.3, 0.4) is 0 Å². The molecule has 1 fully saturated rings. The monoisotopic (exact) mass is 432 g/mol. The number of amides is 2. The summed E-state index contributed by atoms with van der Waals surface area (Å²) in [6.45, 7) is 5.94. The molecular formula is C21H25ClN4O4. The van der Waals surface area contributed by atoms with Crippen LogP contribution in [0.5, 0.6) is 0 Å². The summed E-state index contributed by atoms with van der Waals surface area (Å²) in [5, 5.41) is 14.5. The molecule has 30 heavy (non-hydrogen) atoms. The average Bonchev–Trinajstić information content (AvgIpc) is 3.23. The van der Waals surface area contributed by atoms with E-state index in [1.54, 1.807) is 28.0 Å². The lowest BCUT2D eigenvalue weighted by atomic mass is 9.90. The van der Waals surface area contributed by atoms with Gasteiger partial charge in [-0.25, -0.2) is 4.79 Å². The first-order chi connectivity index (χ1) is 14.3. The van der Waals surface area contributed by atoms with Crippen LogP contribution in [0, 0.1) is 0 Å². The number of morpholine rings is 1. The highest BCUT2D eigenvalue weighted by molar-refractivity contribution is 6.30. The summed E-state index contributed by atoms with van der Waals surface area (Å²) >= 11 is 6.36. The number of nitrogens with zero attached hydrogens (tertiary/aromatic N) is 4. The Kier molecular flexibility index (Phi) is 5.71. The first kappa shape index (κ1) is 20.7. The molecule has 0 unspecified atom stereocenters. The zero-order chi connectivity index (χ0) is 21.4. The standard InChI is InChI=1S/C21H25ClN4O4/c1-13(2)26-10-15(9-23-26)20(27)24-4-3-14-7-16(22)8-17(18(14)11-24)19-12-30-6-5-25(19)21(28)29/h7-10,13,19H,3-6,11-12H2,1-2H3,(H,28,29)/t19-/m0/s1. The highest BCUT2D eigenvalue weighted by Gasteiger charge is 2.33. The Morgan fingerprint density at radius 3 is 2.80 bits per heavy atom. The first-order valence-corrected chi connectivity index (χ1v) is 10.4. The van der Waals surface area contributed by atoms with E-state index in [1.807, 2.05) is 19.9 Å². The van der Waals surface area contributed by atoms with Crippen molar-refractivity contribution in [2.75, 3.05) is 26.3 Å². The molecule has 0 spiro atoms. The summed E-state index contributed by atoms with van der Waals surface area (Å²) in [6.07, 6.45) is 3.05. The third-order valence-electron chi connectivity index (χ3n) is 5.74. The van der Waals surface area contributed by atoms with Crippen LogP contribution in [0.1, 0.15) is 53.0 Å². The molecule has 1 aromatic carbocycles. The Morgan fingerprint density at radius 1 is 1.30 bits per heavy atom. The van der Waals surface area contributed by atoms with Gasteiger partial charge in [0.25, 0.3) is 5.91 Å². The van der Waals surface area contributed by atoms with Crippen molar-refractivity contribution in [3.8, 4) is 0 Å². The zero-order valence-corrected chi connectivity index (χ0v) is 17.8. The summed E-state index contributed by atoms with van der Waals surface area (Å²) in [5.41, 5.74) is 3.37. The van der Waals surface area contributed by atoms with E-state index >= 15 is 0 Å². The molecular weight excluding hydrogens is 408 g/mol. The third kappa shape index (κ3) is 3.89. The molecule has 2 aromatic rings. The van der Waals surface area contributed by atoms with Crippen LogP contribution in [0.25, 0.3) is 0 Å². The molecule has 1 atom stereocenters. The van der Waals surface area contributed by atoms with E-state index in [-0.39, 0.29) is 18.6 Å². The lowest BCUT2D eigenvalue weighted by molar-refractivity contribution is -0.00147. The van der Waals surface area contributed by atoms with Crippen LogP contribution in [-0.4, -0.2) is 63.0 Å². The van der Waals surface area contributed by atoms with Crippen LogP contribution >= 0.6 is 11.6 Å². The van der Waals surface area contributed by atoms with Gasteiger partial charge in [0.1, 0.15) is 0 Å². The fraction of sp³-hybridized carbons (Fsp3) is 0.476. The van der Waals surface area contributed by atoms with Gasteiger partial charge in [0.15, 0.2) is 0 Å². The van der Waals surface area contributed by atoms with E-state index in [0.717, 1.165) is 16.7 Å². The Bertz CT molecular complexity index is 974. The van der Waals surface area contributed by atoms with Crippen molar-refractivity contribution in [2.45, 2.75) is 38.9 Å². The van der Waals surface area contributed by atoms with Gasteiger partial charge in [-0.15, -0.1) is 0 Å². The quantitative estimate of drug-likeness (QED) is 0.803. The lowest BCUT2D eigenvalue weighted by Crippen LogP contribution is -2.44. The maximum absolute atomic E-state index is 13.1. The molecule has 0 bridgehead atoms. The number of fused-ring (bicyclic) bond motifs is 1. The number of aromatic nitrogens is 2. The van der Waals surface area contributed by atoms with Crippen molar-refractivity contribution in [3.63, 3.8) is 0 Å². The summed E-state index contributed by atoms with van der Waals surface area (Å²) in [5.74, 6) is -0.0802. The second-order valence-corrected chi connectivity index (χ2v) is 8.42. The summed E-state index contributed by atoms with van der Waals surface area (Å²) in [7, 11) is 0. The Hall–Kier alpha value is -2.58. The van der Waals surface area contributed by atoms with Crippen molar-refractivity contribution < 1.29 is 19.4 Å². The van der Waals surface area contributed by atoms with Gasteiger partial charge in [-0.3, -0.25) is 14.4 Å². The van der Waals surface area contributed by atoms with Gasteiger partial charge in [-0.1, -0.05) is 11.6 Å². The minimum Gasteiger partial charge on any atom is -0.465 e. The molecule has 2 amide bonds. The van der Waals surface area contributed by atoms with Crippen molar-refractivity contribution in [1.82, 2.24) is 19.6 Å². The minimum atomic E-state index is -0.984. The second-order valence-electron chi connectivity index (χ2n) is 7.98. The SMILES string of the molecule is CC(C)n1cc(C(=O)N2CCc3cc(Cl)cc([C@@H]4COCCN4C(=O)O)c3C2)cn1. The van der Waals surface area contributed by atoms with E-state index in [1.165, 1.54) is 4.90 Å². The molecule has 4 rings (SSSR count). The molecule has 0 radical (unpaired) electrons. The van der Waals surface area contributed by atoms with E-state index in [2.05, 4.69) is 5.10 Å². The lowest BCUT2D eigenvalue weighted by Gasteiger charge is -2.37. The highest BCUT2D eigenvalue weighted by Crippen LogP contribution is 2.35. The van der Waals surface area contributed by atoms with Gasteiger partial charge in [-0.2, -0.15) is 5.10 Å². The van der Waals surface area contributed by atoms with Crippen molar-refractivity contribution >= 4 is 23.6 Å². The smallest absolute Gasteiger partial charge is 0.407 e. The topological polar surface area (TPSA) is 87.9 Å². The Morgan fingerprint density at radius 2 is 2.10 bits per heavy atom. The van der Waals surface area contributed by atoms with Crippen molar-refractivity contribution in [1.29, 1.82) is 0 Å². The average molecular weight is 433 g/mol. The van der Waals surface area contributed by atoms with Crippen LogP contribution in [-0.2, 0) is 17.7 Å². The molecule has 0 saturated carbocycles. The number of hydrogen-bond donors (Lipinski definition) is 1. The number of hydrogen-bond acceptors (Lipinski definition) is 4. The molecule has 1 N–H and O–H groups in total. The molecule has 1 aromatic heterocycles. The van der Waals surface area contributed by atoms with Crippen LogP contribution < -0.4 is 0 Å². The summed E-state index contributed by atoms with van der Waals surface area (Å²) in [6, 6.07) is 3.45. The largest absolute Gasteiger partial charge is 0.465 e. The maximum Gasteiger partial charge on any atom is 0.407 e. The number of rotatable bonds is 3. The predicted molar refractivity (Wildman–Crippen MR) is 111 cm³/mol. The van der Waals surface area contributed by atoms with Crippen LogP contribution in [0.4, 0.5) is 4.79 Å². The molecule has 160 valence electrons. The van der Waals surface area contributed by atoms with Gasteiger partial charge in [0.05, 0.1) is 31.0 Å². The second kappa shape index (κ2) is 8.28. The molecule has 2 aliphatic rings. The Labute approximate surface area is 180 Å². The summed E-state index contributed by atoms with van der Waals surface area (Å²) < 4.78 is 7.34. The van der Waals surface area contributed by atoms with Gasteiger partial charge >= 0.3 is 6.09 Å². The van der Waals surface area contributed by atoms with Crippen molar-refractivity contribution in [3.05, 3.63) is 51.8 Å². The van der Waals surface area contributed by atoms with E-state index in [0.29, 0.717) is 43.2 Å². The van der Waals surface area contributed by atoms with Gasteiger partial charge in [-0.05, 0) is 49.1 Å². The minimum absolute atomic E-state index is 0.0802. The molecule has 0 aliphatic carbocycles. The number of halogens is 1. The van der Waals surface area contributed by atoms with E-state index in [9.17, 15) is 14.7 Å². The number of carbonyl (C=O) groups is 2. The number of benzene rings is 1. The molecule has 1 saturated heterocycles. The van der Waals surface area contributed by atoms with Gasteiger partial charge in [0.2, 0.25) is 0 Å². The molecule has 3 heterocycles. The Balaban J connectivity index is 1.65. The van der Waals surface area contributed by atoms with Gasteiger partial charge in [0, 0.05) is 36.9 Å². The summed E-state index contributed by atoms with van der Waals surface area (Å²) in [4.78, 5) is 28.0. The van der Waals surface area contributed by atoms with Crippen molar-refractivity contribution in [2.24, 2.45) is 0 Å². The fourth-order valence-electron chi connectivity index (χ4n) is 4.13. The third-order valence-corrected chi connectivity index (χ3v) is 5.96. The van der Waals surface area contributed by atoms with E-state index < -0.39 is 12.1 Å². The molecule has 8 nitrogen and oxygen atoms in total. The fourth-order valence-corrected chi connectivity index (χ4v) is 4.38. The van der Waals surface area contributed by atoms with E-state index in [4.69, 9.17) is 16.3 Å².